The molecule has 168 valence electrons. The number of piperidine rings is 1. The van der Waals surface area contributed by atoms with Crippen molar-refractivity contribution < 1.29 is 9.59 Å². The monoisotopic (exact) mass is 456 g/mol. The van der Waals surface area contributed by atoms with Crippen molar-refractivity contribution in [2.45, 2.75) is 24.6 Å². The van der Waals surface area contributed by atoms with Gasteiger partial charge in [-0.15, -0.1) is 11.8 Å². The Bertz CT molecular complexity index is 1150. The molecule has 4 nitrogen and oxygen atoms in total. The smallest absolute Gasteiger partial charge is 0.255 e. The summed E-state index contributed by atoms with van der Waals surface area (Å²) in [5, 5.41) is 0. The van der Waals surface area contributed by atoms with Crippen molar-refractivity contribution in [2.75, 3.05) is 25.4 Å². The molecule has 0 unspecified atom stereocenters. The number of carbonyl (C=O) groups excluding carboxylic acids is 2. The number of benzene rings is 3. The number of likely N-dealkylation sites (tertiary alicyclic amines) is 1. The topological polar surface area (TPSA) is 40.6 Å². The molecule has 3 aromatic carbocycles. The fourth-order valence-corrected chi connectivity index (χ4v) is 6.38. The van der Waals surface area contributed by atoms with Gasteiger partial charge in [0.2, 0.25) is 0 Å². The lowest BCUT2D eigenvalue weighted by Gasteiger charge is -2.44. The molecule has 2 saturated heterocycles. The van der Waals surface area contributed by atoms with E-state index in [2.05, 4.69) is 17.0 Å². The molecule has 3 aromatic rings. The molecule has 0 radical (unpaired) electrons. The van der Waals surface area contributed by atoms with Crippen LogP contribution in [0.3, 0.4) is 0 Å². The SMILES string of the molecule is Cc1cccc(C(=O)N2CCSC23CCN(C(=O)c2ccc(-c4ccccc4)cc2)CC3)c1. The van der Waals surface area contributed by atoms with Gasteiger partial charge in [-0.25, -0.2) is 0 Å². The summed E-state index contributed by atoms with van der Waals surface area (Å²) in [6, 6.07) is 25.9. The van der Waals surface area contributed by atoms with Crippen molar-refractivity contribution in [2.24, 2.45) is 0 Å². The number of carbonyl (C=O) groups is 2. The molecule has 0 aliphatic carbocycles. The highest BCUT2D eigenvalue weighted by atomic mass is 32.2. The minimum Gasteiger partial charge on any atom is -0.338 e. The zero-order valence-electron chi connectivity index (χ0n) is 18.9. The van der Waals surface area contributed by atoms with E-state index in [0.29, 0.717) is 13.1 Å². The van der Waals surface area contributed by atoms with E-state index in [1.807, 2.05) is 90.3 Å². The van der Waals surface area contributed by atoms with Crippen LogP contribution in [-0.2, 0) is 0 Å². The van der Waals surface area contributed by atoms with Gasteiger partial charge >= 0.3 is 0 Å². The third-order valence-electron chi connectivity index (χ3n) is 6.76. The molecule has 0 atom stereocenters. The van der Waals surface area contributed by atoms with Gasteiger partial charge in [-0.05, 0) is 55.2 Å². The Kier molecular flexibility index (Phi) is 5.98. The first-order valence-electron chi connectivity index (χ1n) is 11.5. The Morgan fingerprint density at radius 3 is 2.15 bits per heavy atom. The average Bonchev–Trinajstić information content (AvgIpc) is 3.27. The molecule has 5 heteroatoms. The van der Waals surface area contributed by atoms with E-state index in [4.69, 9.17) is 0 Å². The normalized spacial score (nSPS) is 17.4. The van der Waals surface area contributed by atoms with Crippen molar-refractivity contribution in [3.05, 3.63) is 95.6 Å². The molecule has 33 heavy (non-hydrogen) atoms. The van der Waals surface area contributed by atoms with Crippen LogP contribution < -0.4 is 0 Å². The molecular weight excluding hydrogens is 428 g/mol. The zero-order valence-corrected chi connectivity index (χ0v) is 19.7. The summed E-state index contributed by atoms with van der Waals surface area (Å²) in [5.74, 6) is 1.14. The van der Waals surface area contributed by atoms with Gasteiger partial charge in [0.05, 0.1) is 4.87 Å². The van der Waals surface area contributed by atoms with Gasteiger partial charge < -0.3 is 9.80 Å². The molecule has 2 amide bonds. The first-order valence-corrected chi connectivity index (χ1v) is 12.5. The van der Waals surface area contributed by atoms with Gasteiger partial charge in [-0.1, -0.05) is 60.2 Å². The second-order valence-corrected chi connectivity index (χ2v) is 10.3. The number of amides is 2. The van der Waals surface area contributed by atoms with Crippen LogP contribution in [0, 0.1) is 6.92 Å². The first kappa shape index (κ1) is 21.8. The summed E-state index contributed by atoms with van der Waals surface area (Å²) in [6.45, 7) is 4.13. The lowest BCUT2D eigenvalue weighted by Crippen LogP contribution is -2.53. The highest BCUT2D eigenvalue weighted by molar-refractivity contribution is 8.00. The number of thioether (sulfide) groups is 1. The average molecular weight is 457 g/mol. The molecule has 0 saturated carbocycles. The van der Waals surface area contributed by atoms with Crippen LogP contribution in [0.5, 0.6) is 0 Å². The highest BCUT2D eigenvalue weighted by Gasteiger charge is 2.47. The Labute approximate surface area is 199 Å². The Morgan fingerprint density at radius 1 is 0.758 bits per heavy atom. The van der Waals surface area contributed by atoms with E-state index < -0.39 is 0 Å². The van der Waals surface area contributed by atoms with Crippen LogP contribution in [0.25, 0.3) is 11.1 Å². The fourth-order valence-electron chi connectivity index (χ4n) is 4.92. The predicted molar refractivity (Wildman–Crippen MR) is 134 cm³/mol. The van der Waals surface area contributed by atoms with E-state index >= 15 is 0 Å². The lowest BCUT2D eigenvalue weighted by atomic mass is 9.99. The molecule has 2 aliphatic heterocycles. The number of hydrogen-bond donors (Lipinski definition) is 0. The van der Waals surface area contributed by atoms with E-state index in [9.17, 15) is 9.59 Å². The van der Waals surface area contributed by atoms with E-state index in [1.165, 1.54) is 0 Å². The lowest BCUT2D eigenvalue weighted by molar-refractivity contribution is 0.0497. The summed E-state index contributed by atoms with van der Waals surface area (Å²) in [5.41, 5.74) is 4.83. The minimum atomic E-state index is -0.200. The molecule has 2 fully saturated rings. The fraction of sp³-hybridized carbons (Fsp3) is 0.286. The van der Waals surface area contributed by atoms with Gasteiger partial charge in [0.15, 0.2) is 0 Å². The second-order valence-electron chi connectivity index (χ2n) is 8.86. The summed E-state index contributed by atoms with van der Waals surface area (Å²) < 4.78 is 0. The molecule has 0 aromatic heterocycles. The van der Waals surface area contributed by atoms with Crippen LogP contribution in [0.1, 0.15) is 39.1 Å². The zero-order chi connectivity index (χ0) is 22.8. The second kappa shape index (κ2) is 9.06. The van der Waals surface area contributed by atoms with Crippen molar-refractivity contribution in [3.63, 3.8) is 0 Å². The van der Waals surface area contributed by atoms with Crippen LogP contribution in [0.4, 0.5) is 0 Å². The van der Waals surface area contributed by atoms with E-state index in [-0.39, 0.29) is 16.7 Å². The number of aryl methyl sites for hydroxylation is 1. The van der Waals surface area contributed by atoms with Gasteiger partial charge in [0.1, 0.15) is 0 Å². The summed E-state index contributed by atoms with van der Waals surface area (Å²) in [4.78, 5) is 30.3. The van der Waals surface area contributed by atoms with Crippen molar-refractivity contribution in [1.29, 1.82) is 0 Å². The molecular formula is C28H28N2O2S. The van der Waals surface area contributed by atoms with Crippen LogP contribution in [0.2, 0.25) is 0 Å². The summed E-state index contributed by atoms with van der Waals surface area (Å²) >= 11 is 1.88. The Morgan fingerprint density at radius 2 is 1.45 bits per heavy atom. The minimum absolute atomic E-state index is 0.0732. The van der Waals surface area contributed by atoms with Crippen molar-refractivity contribution >= 4 is 23.6 Å². The van der Waals surface area contributed by atoms with Gasteiger partial charge in [-0.2, -0.15) is 0 Å². The molecule has 2 aliphatic rings. The Hall–Kier alpha value is -3.05. The van der Waals surface area contributed by atoms with Crippen molar-refractivity contribution in [3.8, 4) is 11.1 Å². The predicted octanol–water partition coefficient (Wildman–Crippen LogP) is 5.48. The number of nitrogens with zero attached hydrogens (tertiary/aromatic N) is 2. The van der Waals surface area contributed by atoms with Gasteiger partial charge in [-0.3, -0.25) is 9.59 Å². The standard InChI is InChI=1S/C28H28N2O2S/c1-21-6-5-9-25(20-21)27(32)30-18-19-33-28(30)14-16-29(17-15-28)26(31)24-12-10-23(11-13-24)22-7-3-2-4-8-22/h2-13,20H,14-19H2,1H3. The van der Waals surface area contributed by atoms with E-state index in [0.717, 1.165) is 53.0 Å². The third kappa shape index (κ3) is 4.30. The van der Waals surface area contributed by atoms with Crippen LogP contribution in [-0.4, -0.2) is 51.9 Å². The summed E-state index contributed by atoms with van der Waals surface area (Å²) in [7, 11) is 0. The third-order valence-corrected chi connectivity index (χ3v) is 8.31. The maximum atomic E-state index is 13.3. The Balaban J connectivity index is 1.26. The summed E-state index contributed by atoms with van der Waals surface area (Å²) in [6.07, 6.45) is 1.62. The van der Waals surface area contributed by atoms with Crippen LogP contribution >= 0.6 is 11.8 Å². The molecule has 5 rings (SSSR count). The maximum Gasteiger partial charge on any atom is 0.255 e. The molecule has 2 heterocycles. The van der Waals surface area contributed by atoms with Crippen molar-refractivity contribution in [1.82, 2.24) is 9.80 Å². The van der Waals surface area contributed by atoms with Gasteiger partial charge in [0, 0.05) is 36.5 Å². The number of hydrogen-bond acceptors (Lipinski definition) is 3. The number of rotatable bonds is 3. The molecule has 0 bridgehead atoms. The first-order chi connectivity index (χ1) is 16.1. The maximum absolute atomic E-state index is 13.3. The van der Waals surface area contributed by atoms with Gasteiger partial charge in [0.25, 0.3) is 11.8 Å². The van der Waals surface area contributed by atoms with Crippen LogP contribution in [0.15, 0.2) is 78.9 Å². The largest absolute Gasteiger partial charge is 0.338 e. The quantitative estimate of drug-likeness (QED) is 0.524. The van der Waals surface area contributed by atoms with E-state index in [1.54, 1.807) is 0 Å². The molecule has 1 spiro atoms. The molecule has 0 N–H and O–H groups in total. The highest BCUT2D eigenvalue weighted by Crippen LogP contribution is 2.44.